The van der Waals surface area contributed by atoms with E-state index >= 15 is 0 Å². The Balaban J connectivity index is 3.16. The topological polar surface area (TPSA) is 0 Å². The number of thioether (sulfide) groups is 1. The fourth-order valence-corrected chi connectivity index (χ4v) is 1.68. The van der Waals surface area contributed by atoms with Crippen LogP contribution in [0.15, 0.2) is 29.7 Å². The molecule has 0 saturated carbocycles. The Bertz CT molecular complexity index is 264. The average molecular weight is 164 g/mol. The second-order valence-electron chi connectivity index (χ2n) is 2.45. The third-order valence-electron chi connectivity index (χ3n) is 1.61. The quantitative estimate of drug-likeness (QED) is 0.604. The Labute approximate surface area is 72.3 Å². The summed E-state index contributed by atoms with van der Waals surface area (Å²) in [5.41, 5.74) is 2.53. The third kappa shape index (κ3) is 1.87. The van der Waals surface area contributed by atoms with Crippen molar-refractivity contribution < 1.29 is 0 Å². The van der Waals surface area contributed by atoms with Gasteiger partial charge in [-0.1, -0.05) is 24.8 Å². The van der Waals surface area contributed by atoms with Crippen LogP contribution in [0.2, 0.25) is 0 Å². The van der Waals surface area contributed by atoms with Crippen molar-refractivity contribution in [1.29, 1.82) is 0 Å². The molecular formula is C10H12S. The number of hydrogen-bond acceptors (Lipinski definition) is 1. The zero-order valence-electron chi connectivity index (χ0n) is 6.92. The molecule has 0 heterocycles. The summed E-state index contributed by atoms with van der Waals surface area (Å²) in [5.74, 6) is 0. The molecule has 11 heavy (non-hydrogen) atoms. The van der Waals surface area contributed by atoms with E-state index in [9.17, 15) is 0 Å². The highest BCUT2D eigenvalue weighted by molar-refractivity contribution is 7.98. The van der Waals surface area contributed by atoms with Crippen LogP contribution in [0.5, 0.6) is 0 Å². The molecule has 0 nitrogen and oxygen atoms in total. The van der Waals surface area contributed by atoms with Crippen LogP contribution in [-0.4, -0.2) is 6.26 Å². The monoisotopic (exact) mass is 164 g/mol. The predicted molar refractivity (Wildman–Crippen MR) is 53.1 cm³/mol. The van der Waals surface area contributed by atoms with Crippen LogP contribution < -0.4 is 0 Å². The highest BCUT2D eigenvalue weighted by Crippen LogP contribution is 2.22. The van der Waals surface area contributed by atoms with Crippen LogP contribution in [-0.2, 0) is 0 Å². The first-order chi connectivity index (χ1) is 5.27. The first-order valence-electron chi connectivity index (χ1n) is 3.55. The summed E-state index contributed by atoms with van der Waals surface area (Å²) in [4.78, 5) is 1.31. The minimum absolute atomic E-state index is 1.23. The molecule has 0 N–H and O–H groups in total. The second-order valence-corrected chi connectivity index (χ2v) is 3.30. The Morgan fingerprint density at radius 2 is 2.18 bits per heavy atom. The van der Waals surface area contributed by atoms with E-state index < -0.39 is 0 Å². The zero-order chi connectivity index (χ0) is 8.27. The van der Waals surface area contributed by atoms with Crippen molar-refractivity contribution in [1.82, 2.24) is 0 Å². The van der Waals surface area contributed by atoms with E-state index in [2.05, 4.69) is 38.0 Å². The zero-order valence-corrected chi connectivity index (χ0v) is 7.74. The summed E-state index contributed by atoms with van der Waals surface area (Å²) >= 11 is 1.76. The van der Waals surface area contributed by atoms with Crippen molar-refractivity contribution in [2.45, 2.75) is 11.8 Å². The molecule has 0 fully saturated rings. The fraction of sp³-hybridized carbons (Fsp3) is 0.200. The molecular weight excluding hydrogens is 152 g/mol. The summed E-state index contributed by atoms with van der Waals surface area (Å²) in [5, 5.41) is 0. The van der Waals surface area contributed by atoms with E-state index in [1.165, 1.54) is 16.0 Å². The lowest BCUT2D eigenvalue weighted by atomic mass is 10.1. The van der Waals surface area contributed by atoms with Gasteiger partial charge in [-0.25, -0.2) is 0 Å². The molecule has 1 aromatic carbocycles. The van der Waals surface area contributed by atoms with Gasteiger partial charge >= 0.3 is 0 Å². The van der Waals surface area contributed by atoms with Gasteiger partial charge in [0.1, 0.15) is 0 Å². The smallest absolute Gasteiger partial charge is 0.0144 e. The van der Waals surface area contributed by atoms with Crippen LogP contribution in [0.4, 0.5) is 0 Å². The summed E-state index contributed by atoms with van der Waals surface area (Å²) in [6, 6.07) is 6.40. The third-order valence-corrected chi connectivity index (χ3v) is 2.40. The van der Waals surface area contributed by atoms with Gasteiger partial charge in [0.05, 0.1) is 0 Å². The van der Waals surface area contributed by atoms with E-state index in [1.807, 2.05) is 6.08 Å². The van der Waals surface area contributed by atoms with Crippen molar-refractivity contribution in [3.63, 3.8) is 0 Å². The van der Waals surface area contributed by atoms with Gasteiger partial charge in [0.25, 0.3) is 0 Å². The molecule has 0 aromatic heterocycles. The first-order valence-corrected chi connectivity index (χ1v) is 4.77. The second kappa shape index (κ2) is 3.63. The van der Waals surface area contributed by atoms with E-state index in [0.29, 0.717) is 0 Å². The van der Waals surface area contributed by atoms with Crippen LogP contribution in [0.1, 0.15) is 11.1 Å². The standard InChI is InChI=1S/C10H12S/c1-4-9-6-5-8(2)7-10(9)11-3/h4-7H,1H2,2-3H3. The molecule has 0 aliphatic carbocycles. The minimum Gasteiger partial charge on any atom is -0.129 e. The molecule has 1 aromatic rings. The van der Waals surface area contributed by atoms with Gasteiger partial charge in [0, 0.05) is 4.90 Å². The molecule has 0 unspecified atom stereocenters. The Morgan fingerprint density at radius 1 is 1.45 bits per heavy atom. The Hall–Kier alpha value is -0.690. The van der Waals surface area contributed by atoms with Crippen molar-refractivity contribution in [3.8, 4) is 0 Å². The predicted octanol–water partition coefficient (Wildman–Crippen LogP) is 3.36. The highest BCUT2D eigenvalue weighted by Gasteiger charge is 1.96. The first kappa shape index (κ1) is 8.41. The lowest BCUT2D eigenvalue weighted by Gasteiger charge is -2.02. The summed E-state index contributed by atoms with van der Waals surface area (Å²) in [6.45, 7) is 5.86. The van der Waals surface area contributed by atoms with Crippen LogP contribution in [0.3, 0.4) is 0 Å². The summed E-state index contributed by atoms with van der Waals surface area (Å²) in [7, 11) is 0. The molecule has 58 valence electrons. The molecule has 0 aliphatic heterocycles. The SMILES string of the molecule is C=Cc1ccc(C)cc1SC. The van der Waals surface area contributed by atoms with E-state index in [4.69, 9.17) is 0 Å². The Morgan fingerprint density at radius 3 is 2.73 bits per heavy atom. The van der Waals surface area contributed by atoms with Crippen LogP contribution in [0, 0.1) is 6.92 Å². The molecule has 0 bridgehead atoms. The lowest BCUT2D eigenvalue weighted by molar-refractivity contribution is 1.34. The van der Waals surface area contributed by atoms with E-state index in [-0.39, 0.29) is 0 Å². The maximum absolute atomic E-state index is 3.76. The van der Waals surface area contributed by atoms with Crippen molar-refractivity contribution in [3.05, 3.63) is 35.9 Å². The van der Waals surface area contributed by atoms with Crippen molar-refractivity contribution in [2.75, 3.05) is 6.26 Å². The number of hydrogen-bond donors (Lipinski definition) is 0. The maximum atomic E-state index is 3.76. The van der Waals surface area contributed by atoms with Crippen LogP contribution in [0.25, 0.3) is 6.08 Å². The van der Waals surface area contributed by atoms with Crippen molar-refractivity contribution in [2.24, 2.45) is 0 Å². The molecule has 1 rings (SSSR count). The van der Waals surface area contributed by atoms with Gasteiger partial charge in [0.15, 0.2) is 0 Å². The Kier molecular flexibility index (Phi) is 2.77. The average Bonchev–Trinajstić information content (AvgIpc) is 2.04. The van der Waals surface area contributed by atoms with Gasteiger partial charge < -0.3 is 0 Å². The van der Waals surface area contributed by atoms with Gasteiger partial charge in [-0.05, 0) is 30.4 Å². The van der Waals surface area contributed by atoms with E-state index in [0.717, 1.165) is 0 Å². The molecule has 0 amide bonds. The van der Waals surface area contributed by atoms with Crippen molar-refractivity contribution >= 4 is 17.8 Å². The molecule has 0 aliphatic rings. The lowest BCUT2D eigenvalue weighted by Crippen LogP contribution is -1.79. The molecule has 0 radical (unpaired) electrons. The molecule has 0 spiro atoms. The minimum atomic E-state index is 1.23. The number of rotatable bonds is 2. The largest absolute Gasteiger partial charge is 0.129 e. The highest BCUT2D eigenvalue weighted by atomic mass is 32.2. The van der Waals surface area contributed by atoms with Gasteiger partial charge in [-0.2, -0.15) is 0 Å². The maximum Gasteiger partial charge on any atom is 0.0144 e. The molecule has 0 atom stereocenters. The number of aryl methyl sites for hydroxylation is 1. The number of benzene rings is 1. The normalized spacial score (nSPS) is 9.64. The summed E-state index contributed by atoms with van der Waals surface area (Å²) < 4.78 is 0. The summed E-state index contributed by atoms with van der Waals surface area (Å²) in [6.07, 6.45) is 3.98. The molecule has 0 saturated heterocycles. The van der Waals surface area contributed by atoms with Crippen LogP contribution >= 0.6 is 11.8 Å². The molecule has 1 heteroatoms. The van der Waals surface area contributed by atoms with Gasteiger partial charge in [0.2, 0.25) is 0 Å². The van der Waals surface area contributed by atoms with Gasteiger partial charge in [-0.3, -0.25) is 0 Å². The fourth-order valence-electron chi connectivity index (χ4n) is 0.987. The van der Waals surface area contributed by atoms with Gasteiger partial charge in [-0.15, -0.1) is 11.8 Å². The van der Waals surface area contributed by atoms with E-state index in [1.54, 1.807) is 11.8 Å².